The first-order valence-corrected chi connectivity index (χ1v) is 13.6. The fourth-order valence-electron chi connectivity index (χ4n) is 7.63. The summed E-state index contributed by atoms with van der Waals surface area (Å²) in [5.41, 5.74) is 13.9. The topological polar surface area (TPSA) is 200 Å². The van der Waals surface area contributed by atoms with Crippen LogP contribution in [-0.4, -0.2) is 92.0 Å². The van der Waals surface area contributed by atoms with E-state index in [1.165, 1.54) is 5.56 Å². The number of benzene rings is 1. The lowest BCUT2D eigenvalue weighted by molar-refractivity contribution is -0.674. The van der Waals surface area contributed by atoms with Crippen molar-refractivity contribution in [3.8, 4) is 0 Å². The van der Waals surface area contributed by atoms with Gasteiger partial charge in [-0.15, -0.1) is 0 Å². The molecule has 1 aromatic carbocycles. The van der Waals surface area contributed by atoms with Crippen molar-refractivity contribution in [2.75, 3.05) is 13.1 Å². The van der Waals surface area contributed by atoms with Crippen molar-refractivity contribution < 1.29 is 34.2 Å². The fraction of sp³-hybridized carbons (Fsp3) is 0.577. The Morgan fingerprint density at radius 2 is 1.90 bits per heavy atom. The summed E-state index contributed by atoms with van der Waals surface area (Å²) in [7, 11) is 0. The Hall–Kier alpha value is -3.71. The van der Waals surface area contributed by atoms with Crippen LogP contribution in [0.5, 0.6) is 0 Å². The van der Waals surface area contributed by atoms with Gasteiger partial charge in [-0.25, -0.2) is 9.89 Å². The highest BCUT2D eigenvalue weighted by atomic mass is 16.5. The van der Waals surface area contributed by atoms with Gasteiger partial charge in [-0.2, -0.15) is 0 Å². The van der Waals surface area contributed by atoms with Gasteiger partial charge >= 0.3 is 11.9 Å². The Kier molecular flexibility index (Phi) is 4.94. The summed E-state index contributed by atoms with van der Waals surface area (Å²) in [6.07, 6.45) is 5.51. The van der Waals surface area contributed by atoms with E-state index in [9.17, 15) is 24.6 Å². The number of amides is 3. The lowest BCUT2D eigenvalue weighted by Crippen LogP contribution is -2.92. The van der Waals surface area contributed by atoms with Crippen LogP contribution >= 0.6 is 0 Å². The Morgan fingerprint density at radius 3 is 2.62 bits per heavy atom. The Bertz CT molecular complexity index is 1370. The molecule has 3 fully saturated rings. The number of aliphatic hydroxyl groups is 2. The fourth-order valence-corrected chi connectivity index (χ4v) is 7.63. The first-order valence-electron chi connectivity index (χ1n) is 13.6. The van der Waals surface area contributed by atoms with Gasteiger partial charge in [0.1, 0.15) is 12.1 Å². The van der Waals surface area contributed by atoms with E-state index in [0.29, 0.717) is 5.56 Å². The highest BCUT2D eigenvalue weighted by Gasteiger charge is 2.78. The first kappa shape index (κ1) is 24.3. The molecule has 2 spiro atoms. The predicted octanol–water partition coefficient (Wildman–Crippen LogP) is -4.64. The lowest BCUT2D eigenvalue weighted by atomic mass is 9.78. The monoisotopic (exact) mass is 538 g/mol. The molecule has 7 rings (SSSR count). The smallest absolute Gasteiger partial charge is 0.347 e. The van der Waals surface area contributed by atoms with Gasteiger partial charge < -0.3 is 15.5 Å². The second-order valence-electron chi connectivity index (χ2n) is 11.8. The molecular formula is C26H34N8O5+2. The third-order valence-corrected chi connectivity index (χ3v) is 9.72. The molecule has 6 aliphatic rings. The molecule has 2 saturated heterocycles. The maximum Gasteiger partial charge on any atom is 0.347 e. The molecule has 0 radical (unpaired) electrons. The van der Waals surface area contributed by atoms with E-state index in [-0.39, 0.29) is 61.0 Å². The van der Waals surface area contributed by atoms with Gasteiger partial charge in [0.05, 0.1) is 13.1 Å². The van der Waals surface area contributed by atoms with E-state index >= 15 is 0 Å². The maximum atomic E-state index is 13.6. The number of imide groups is 1. The van der Waals surface area contributed by atoms with Crippen LogP contribution < -0.4 is 32.4 Å². The summed E-state index contributed by atoms with van der Waals surface area (Å²) in [6.45, 7) is -0.0606. The van der Waals surface area contributed by atoms with Gasteiger partial charge in [0, 0.05) is 18.4 Å². The Balaban J connectivity index is 1.20. The summed E-state index contributed by atoms with van der Waals surface area (Å²) in [4.78, 5) is 42.5. The molecule has 0 aromatic heterocycles. The summed E-state index contributed by atoms with van der Waals surface area (Å²) in [5.74, 6) is -3.33. The Morgan fingerprint density at radius 1 is 1.15 bits per heavy atom. The number of nitrogens with one attached hydrogen (secondary N) is 4. The van der Waals surface area contributed by atoms with Gasteiger partial charge in [-0.05, 0) is 54.7 Å². The molecule has 10 N–H and O–H groups in total. The van der Waals surface area contributed by atoms with Crippen LogP contribution in [0.1, 0.15) is 60.0 Å². The highest BCUT2D eigenvalue weighted by molar-refractivity contribution is 6.02. The van der Waals surface area contributed by atoms with Gasteiger partial charge in [0.2, 0.25) is 11.8 Å². The lowest BCUT2D eigenvalue weighted by Gasteiger charge is -2.41. The number of hydrogen-bond acceptors (Lipinski definition) is 9. The number of fused-ring (bicyclic) bond motifs is 2. The van der Waals surface area contributed by atoms with Crippen molar-refractivity contribution in [3.05, 3.63) is 34.9 Å². The number of rotatable bonds is 4. The van der Waals surface area contributed by atoms with Crippen molar-refractivity contribution >= 4 is 29.6 Å². The molecule has 0 bridgehead atoms. The van der Waals surface area contributed by atoms with E-state index < -0.39 is 29.6 Å². The van der Waals surface area contributed by atoms with Crippen LogP contribution in [0.4, 0.5) is 0 Å². The number of likely N-dealkylation sites (tertiary alicyclic amines) is 1. The molecule has 13 nitrogen and oxygen atoms in total. The number of hydrogen-bond donors (Lipinski definition) is 8. The molecule has 1 saturated carbocycles. The van der Waals surface area contributed by atoms with Gasteiger partial charge in [-0.1, -0.05) is 12.1 Å². The van der Waals surface area contributed by atoms with E-state index in [1.807, 2.05) is 6.07 Å². The molecule has 13 heteroatoms. The van der Waals surface area contributed by atoms with Crippen LogP contribution in [0.15, 0.2) is 18.2 Å². The van der Waals surface area contributed by atoms with Crippen LogP contribution in [0.2, 0.25) is 0 Å². The first-order chi connectivity index (χ1) is 18.6. The van der Waals surface area contributed by atoms with Crippen molar-refractivity contribution in [1.82, 2.24) is 20.9 Å². The van der Waals surface area contributed by atoms with Crippen LogP contribution in [0.25, 0.3) is 0 Å². The van der Waals surface area contributed by atoms with Gasteiger partial charge in [0.15, 0.2) is 6.04 Å². The molecule has 3 amide bonds. The number of carbonyl (C=O) groups is 3. The molecule has 39 heavy (non-hydrogen) atoms. The van der Waals surface area contributed by atoms with E-state index in [0.717, 1.165) is 42.6 Å². The second-order valence-corrected chi connectivity index (χ2v) is 11.8. The SMILES string of the molecule is NC1=[NH+][C@H]2[C@H](CN3C(=O)CCC3=O)NC(N)=[N+]3CC(NC(=O)c4cccc5c4CCCC54CC4)C(O)(O)[C@]23N1. The zero-order chi connectivity index (χ0) is 27.3. The van der Waals surface area contributed by atoms with E-state index in [1.54, 1.807) is 10.6 Å². The minimum absolute atomic E-state index is 0.0245. The molecule has 4 aliphatic heterocycles. The zero-order valence-corrected chi connectivity index (χ0v) is 21.5. The average Bonchev–Trinajstić information content (AvgIpc) is 3.38. The number of nitrogens with two attached hydrogens (primary N) is 2. The molecule has 4 heterocycles. The second kappa shape index (κ2) is 7.92. The molecule has 1 unspecified atom stereocenters. The van der Waals surface area contributed by atoms with E-state index in [4.69, 9.17) is 11.5 Å². The summed E-state index contributed by atoms with van der Waals surface area (Å²) in [5, 5.41) is 32.4. The summed E-state index contributed by atoms with van der Waals surface area (Å²) >= 11 is 0. The third kappa shape index (κ3) is 3.22. The zero-order valence-electron chi connectivity index (χ0n) is 21.5. The number of guanidine groups is 2. The molecule has 2 aliphatic carbocycles. The Labute approximate surface area is 224 Å². The maximum absolute atomic E-state index is 13.6. The molecule has 1 aromatic rings. The van der Waals surface area contributed by atoms with Crippen LogP contribution in [0.3, 0.4) is 0 Å². The van der Waals surface area contributed by atoms with Crippen molar-refractivity contribution in [3.63, 3.8) is 0 Å². The number of nitrogens with zero attached hydrogens (tertiary/aromatic N) is 2. The van der Waals surface area contributed by atoms with Gasteiger partial charge in [-0.3, -0.25) is 41.1 Å². The number of carbonyl (C=O) groups excluding carboxylic acids is 3. The standard InChI is InChI=1S/C26H32N8O5/c27-22-31-20-16(11-33-18(35)6-7-19(33)36)29-23(28)34-12-17(26(38,39)25(20,34)32-22)30-21(37)14-3-1-5-15-13(14)4-2-8-24(15)9-10-24/h1,3,5,16-17,20,38-39H,2,4,6-12H2,(H6,27,28,29,30,31,32,37)/p+2/t16-,17?,20-,25-/m0/s1. The molecule has 206 valence electrons. The highest BCUT2D eigenvalue weighted by Crippen LogP contribution is 2.55. The normalized spacial score (nSPS) is 33.2. The van der Waals surface area contributed by atoms with Crippen molar-refractivity contribution in [2.45, 2.75) is 79.9 Å². The third-order valence-electron chi connectivity index (χ3n) is 9.72. The quantitative estimate of drug-likeness (QED) is 0.105. The van der Waals surface area contributed by atoms with Gasteiger partial charge in [0.25, 0.3) is 17.4 Å². The van der Waals surface area contributed by atoms with Crippen molar-refractivity contribution in [2.24, 2.45) is 11.5 Å². The van der Waals surface area contributed by atoms with E-state index in [2.05, 4.69) is 27.0 Å². The van der Waals surface area contributed by atoms with Crippen molar-refractivity contribution in [1.29, 1.82) is 0 Å². The minimum Gasteiger partial charge on any atom is -0.358 e. The van der Waals surface area contributed by atoms with Crippen LogP contribution in [0, 0.1) is 0 Å². The van der Waals surface area contributed by atoms with Crippen LogP contribution in [-0.2, 0) is 21.4 Å². The minimum atomic E-state index is -2.54. The largest absolute Gasteiger partial charge is 0.358 e. The molecular weight excluding hydrogens is 504 g/mol. The summed E-state index contributed by atoms with van der Waals surface area (Å²) < 4.78 is 1.54. The predicted molar refractivity (Wildman–Crippen MR) is 136 cm³/mol. The average molecular weight is 539 g/mol. The summed E-state index contributed by atoms with van der Waals surface area (Å²) in [6, 6.07) is 3.15. The molecule has 4 atom stereocenters.